The van der Waals surface area contributed by atoms with E-state index < -0.39 is 12.2 Å². The second kappa shape index (κ2) is 8.64. The summed E-state index contributed by atoms with van der Waals surface area (Å²) in [5, 5.41) is 5.81. The van der Waals surface area contributed by atoms with Gasteiger partial charge in [-0.1, -0.05) is 28.1 Å². The highest BCUT2D eigenvalue weighted by molar-refractivity contribution is 9.10. The van der Waals surface area contributed by atoms with E-state index in [1.165, 1.54) is 36.4 Å². The molecule has 0 spiro atoms. The van der Waals surface area contributed by atoms with Crippen molar-refractivity contribution < 1.29 is 22.3 Å². The third kappa shape index (κ3) is 5.80. The Morgan fingerprint density at radius 3 is 2.55 bits per heavy atom. The normalized spacial score (nSPS) is 11.2. The van der Waals surface area contributed by atoms with E-state index in [1.807, 2.05) is 6.92 Å². The average molecular weight is 471 g/mol. The van der Waals surface area contributed by atoms with E-state index in [1.54, 1.807) is 12.1 Å². The molecule has 3 rings (SSSR count). The number of hydrogen-bond donors (Lipinski definition) is 2. The zero-order valence-corrected chi connectivity index (χ0v) is 16.6. The van der Waals surface area contributed by atoms with Gasteiger partial charge in [0.25, 0.3) is 0 Å². The van der Waals surface area contributed by atoms with Gasteiger partial charge in [0.1, 0.15) is 17.4 Å². The van der Waals surface area contributed by atoms with Gasteiger partial charge >= 0.3 is 6.36 Å². The number of rotatable bonds is 6. The minimum atomic E-state index is -4.80. The van der Waals surface area contributed by atoms with Crippen molar-refractivity contribution >= 4 is 33.4 Å². The molecule has 0 atom stereocenters. The monoisotopic (exact) mass is 470 g/mol. The van der Waals surface area contributed by atoms with E-state index in [0.717, 1.165) is 0 Å². The van der Waals surface area contributed by atoms with Gasteiger partial charge in [0.05, 0.1) is 11.4 Å². The average Bonchev–Trinajstić information content (AvgIpc) is 2.63. The Labute approximate surface area is 172 Å². The summed E-state index contributed by atoms with van der Waals surface area (Å²) >= 11 is 3.19. The summed E-state index contributed by atoms with van der Waals surface area (Å²) in [5.74, 6) is -0.348. The van der Waals surface area contributed by atoms with Crippen LogP contribution in [0.2, 0.25) is 0 Å². The van der Waals surface area contributed by atoms with Crippen LogP contribution in [-0.2, 0) is 0 Å². The van der Waals surface area contributed by atoms with Gasteiger partial charge in [-0.15, -0.1) is 13.2 Å². The first-order valence-corrected chi connectivity index (χ1v) is 9.24. The molecule has 0 unspecified atom stereocenters. The third-order valence-corrected chi connectivity index (χ3v) is 4.11. The van der Waals surface area contributed by atoms with Crippen LogP contribution in [-0.4, -0.2) is 22.9 Å². The number of aromatic nitrogens is 2. The number of halogens is 5. The molecule has 0 aliphatic carbocycles. The SMILES string of the molecule is CCNc1nc(Nc2ccc(Br)cc2F)cc(-c2cccc(OC(F)(F)F)c2)n1. The van der Waals surface area contributed by atoms with Crippen molar-refractivity contribution in [3.8, 4) is 17.0 Å². The van der Waals surface area contributed by atoms with Gasteiger partial charge in [-0.05, 0) is 37.3 Å². The van der Waals surface area contributed by atoms with E-state index in [9.17, 15) is 17.6 Å². The van der Waals surface area contributed by atoms with E-state index in [-0.39, 0.29) is 23.2 Å². The van der Waals surface area contributed by atoms with Gasteiger partial charge in [0.2, 0.25) is 5.95 Å². The molecular formula is C19H15BrF4N4O. The van der Waals surface area contributed by atoms with Crippen molar-refractivity contribution in [1.29, 1.82) is 0 Å². The van der Waals surface area contributed by atoms with Crippen molar-refractivity contribution in [2.75, 3.05) is 17.2 Å². The molecule has 0 saturated heterocycles. The molecule has 0 fully saturated rings. The van der Waals surface area contributed by atoms with Crippen molar-refractivity contribution in [3.63, 3.8) is 0 Å². The summed E-state index contributed by atoms with van der Waals surface area (Å²) in [6, 6.07) is 11.4. The summed E-state index contributed by atoms with van der Waals surface area (Å²) in [4.78, 5) is 8.58. The molecule has 1 heterocycles. The van der Waals surface area contributed by atoms with Crippen LogP contribution in [0.15, 0.2) is 53.0 Å². The Bertz CT molecular complexity index is 1010. The lowest BCUT2D eigenvalue weighted by Gasteiger charge is -2.13. The molecule has 5 nitrogen and oxygen atoms in total. The Kier molecular flexibility index (Phi) is 6.21. The molecule has 29 heavy (non-hydrogen) atoms. The van der Waals surface area contributed by atoms with Crippen molar-refractivity contribution in [2.24, 2.45) is 0 Å². The second-order valence-electron chi connectivity index (χ2n) is 5.82. The second-order valence-corrected chi connectivity index (χ2v) is 6.73. The van der Waals surface area contributed by atoms with Crippen molar-refractivity contribution in [2.45, 2.75) is 13.3 Å². The van der Waals surface area contributed by atoms with Gasteiger partial charge in [-0.2, -0.15) is 4.98 Å². The van der Waals surface area contributed by atoms with Gasteiger partial charge < -0.3 is 15.4 Å². The van der Waals surface area contributed by atoms with Crippen LogP contribution in [0.3, 0.4) is 0 Å². The Morgan fingerprint density at radius 1 is 1.07 bits per heavy atom. The highest BCUT2D eigenvalue weighted by Gasteiger charge is 2.31. The quantitative estimate of drug-likeness (QED) is 0.425. The molecule has 1 aromatic heterocycles. The van der Waals surface area contributed by atoms with Gasteiger partial charge in [0.15, 0.2) is 0 Å². The first kappa shape index (κ1) is 20.8. The highest BCUT2D eigenvalue weighted by atomic mass is 79.9. The number of ether oxygens (including phenoxy) is 1. The first-order valence-electron chi connectivity index (χ1n) is 8.44. The summed E-state index contributed by atoms with van der Waals surface area (Å²) < 4.78 is 56.2. The fourth-order valence-electron chi connectivity index (χ4n) is 2.48. The lowest BCUT2D eigenvalue weighted by Crippen LogP contribution is -2.17. The molecule has 0 bridgehead atoms. The molecule has 10 heteroatoms. The maximum Gasteiger partial charge on any atom is 0.573 e. The molecule has 0 amide bonds. The summed E-state index contributed by atoms with van der Waals surface area (Å²) in [6.07, 6.45) is -4.80. The lowest BCUT2D eigenvalue weighted by molar-refractivity contribution is -0.274. The maximum atomic E-state index is 14.1. The van der Waals surface area contributed by atoms with Crippen LogP contribution in [0.25, 0.3) is 11.3 Å². The lowest BCUT2D eigenvalue weighted by atomic mass is 10.1. The molecular weight excluding hydrogens is 456 g/mol. The summed E-state index contributed by atoms with van der Waals surface area (Å²) in [7, 11) is 0. The molecule has 3 aromatic rings. The number of hydrogen-bond acceptors (Lipinski definition) is 5. The molecule has 0 radical (unpaired) electrons. The third-order valence-electron chi connectivity index (χ3n) is 3.62. The van der Waals surface area contributed by atoms with Crippen LogP contribution in [0.4, 0.5) is 35.0 Å². The van der Waals surface area contributed by atoms with Gasteiger partial charge in [-0.25, -0.2) is 9.37 Å². The van der Waals surface area contributed by atoms with Crippen LogP contribution < -0.4 is 15.4 Å². The minimum Gasteiger partial charge on any atom is -0.406 e. The number of alkyl halides is 3. The highest BCUT2D eigenvalue weighted by Crippen LogP contribution is 2.30. The topological polar surface area (TPSA) is 59.1 Å². The summed E-state index contributed by atoms with van der Waals surface area (Å²) in [6.45, 7) is 2.36. The maximum absolute atomic E-state index is 14.1. The van der Waals surface area contributed by atoms with E-state index in [0.29, 0.717) is 22.3 Å². The molecule has 0 aliphatic heterocycles. The van der Waals surface area contributed by atoms with Gasteiger partial charge in [-0.3, -0.25) is 0 Å². The Balaban J connectivity index is 1.98. The predicted molar refractivity (Wildman–Crippen MR) is 106 cm³/mol. The van der Waals surface area contributed by atoms with Crippen molar-refractivity contribution in [1.82, 2.24) is 9.97 Å². The van der Waals surface area contributed by atoms with E-state index in [2.05, 4.69) is 41.3 Å². The minimum absolute atomic E-state index is 0.189. The molecule has 0 saturated carbocycles. The standard InChI is InChI=1S/C19H15BrF4N4O/c1-2-25-18-27-16(11-4-3-5-13(8-11)29-19(22,23)24)10-17(28-18)26-15-7-6-12(20)9-14(15)21/h3-10H,2H2,1H3,(H2,25,26,27,28). The molecule has 152 valence electrons. The molecule has 2 aromatic carbocycles. The number of nitrogens with zero attached hydrogens (tertiary/aromatic N) is 2. The largest absolute Gasteiger partial charge is 0.573 e. The van der Waals surface area contributed by atoms with Crippen LogP contribution in [0.1, 0.15) is 6.92 Å². The molecule has 0 aliphatic rings. The fourth-order valence-corrected chi connectivity index (χ4v) is 2.81. The first-order chi connectivity index (χ1) is 13.7. The van der Waals surface area contributed by atoms with Crippen LogP contribution in [0.5, 0.6) is 5.75 Å². The number of nitrogens with one attached hydrogen (secondary N) is 2. The van der Waals surface area contributed by atoms with Crippen molar-refractivity contribution in [3.05, 3.63) is 58.8 Å². The van der Waals surface area contributed by atoms with Gasteiger partial charge in [0, 0.05) is 22.6 Å². The Morgan fingerprint density at radius 2 is 1.86 bits per heavy atom. The predicted octanol–water partition coefficient (Wildman–Crippen LogP) is 6.12. The number of anilines is 3. The number of benzene rings is 2. The summed E-state index contributed by atoms with van der Waals surface area (Å²) in [5.41, 5.74) is 0.908. The zero-order chi connectivity index (χ0) is 21.0. The van der Waals surface area contributed by atoms with Crippen LogP contribution in [0, 0.1) is 5.82 Å². The zero-order valence-electron chi connectivity index (χ0n) is 15.0. The van der Waals surface area contributed by atoms with E-state index in [4.69, 9.17) is 0 Å². The Hall–Kier alpha value is -2.88. The smallest absolute Gasteiger partial charge is 0.406 e. The van der Waals surface area contributed by atoms with Crippen LogP contribution >= 0.6 is 15.9 Å². The van der Waals surface area contributed by atoms with E-state index >= 15 is 0 Å². The fraction of sp³-hybridized carbons (Fsp3) is 0.158. The molecule has 2 N–H and O–H groups in total.